The number of benzene rings is 1. The third-order valence-electron chi connectivity index (χ3n) is 2.51. The lowest BCUT2D eigenvalue weighted by Gasteiger charge is -2.18. The summed E-state index contributed by atoms with van der Waals surface area (Å²) in [4.78, 5) is 14.5. The number of carbonyl (C=O) groups is 1. The second kappa shape index (κ2) is 5.55. The normalized spacial score (nSPS) is 18.2. The molecule has 0 unspecified atom stereocenters. The van der Waals surface area contributed by atoms with Gasteiger partial charge in [-0.2, -0.15) is 0 Å². The van der Waals surface area contributed by atoms with Gasteiger partial charge in [0.15, 0.2) is 0 Å². The largest absolute Gasteiger partial charge is 0.290 e. The lowest BCUT2D eigenvalue weighted by atomic mass is 10.2. The van der Waals surface area contributed by atoms with E-state index in [1.807, 2.05) is 44.2 Å². The zero-order valence-corrected chi connectivity index (χ0v) is 13.2. The highest BCUT2D eigenvalue weighted by Crippen LogP contribution is 2.33. The van der Waals surface area contributed by atoms with Crippen LogP contribution < -0.4 is 0 Å². The lowest BCUT2D eigenvalue weighted by Crippen LogP contribution is -2.34. The van der Waals surface area contributed by atoms with E-state index in [1.165, 1.54) is 11.8 Å². The molecule has 0 radical (unpaired) electrons. The molecular weight excluding hydrogens is 330 g/mol. The second-order valence-electron chi connectivity index (χ2n) is 4.20. The van der Waals surface area contributed by atoms with Crippen molar-refractivity contribution >= 4 is 56.2 Å². The third-order valence-corrected chi connectivity index (χ3v) is 4.37. The molecule has 1 aliphatic heterocycles. The Hall–Kier alpha value is -0.650. The molecule has 1 fully saturated rings. The van der Waals surface area contributed by atoms with E-state index in [1.54, 1.807) is 4.90 Å². The van der Waals surface area contributed by atoms with Crippen LogP contribution in [0.3, 0.4) is 0 Å². The Balaban J connectivity index is 2.28. The quantitative estimate of drug-likeness (QED) is 0.597. The number of thioether (sulfide) groups is 1. The summed E-state index contributed by atoms with van der Waals surface area (Å²) in [6.07, 6.45) is 1.88. The van der Waals surface area contributed by atoms with Gasteiger partial charge in [-0.15, -0.1) is 0 Å². The maximum absolute atomic E-state index is 12.2. The zero-order chi connectivity index (χ0) is 13.3. The first-order valence-corrected chi connectivity index (χ1v) is 7.53. The summed E-state index contributed by atoms with van der Waals surface area (Å²) >= 11 is 9.98. The predicted octanol–water partition coefficient (Wildman–Crippen LogP) is 4.06. The summed E-state index contributed by atoms with van der Waals surface area (Å²) < 4.78 is 1.66. The molecule has 0 spiro atoms. The number of nitrogens with zero attached hydrogens (tertiary/aromatic N) is 1. The molecule has 1 amide bonds. The lowest BCUT2D eigenvalue weighted by molar-refractivity contribution is -0.123. The number of amides is 1. The molecule has 0 aromatic heterocycles. The van der Waals surface area contributed by atoms with Crippen molar-refractivity contribution in [3.63, 3.8) is 0 Å². The minimum atomic E-state index is 0.00270. The fraction of sp³-hybridized carbons (Fsp3) is 0.231. The minimum Gasteiger partial charge on any atom is -0.290 e. The van der Waals surface area contributed by atoms with Crippen LogP contribution in [0.1, 0.15) is 19.4 Å². The number of hydrogen-bond acceptors (Lipinski definition) is 3. The molecule has 1 aromatic carbocycles. The molecule has 2 rings (SSSR count). The van der Waals surface area contributed by atoms with Crippen molar-refractivity contribution in [2.24, 2.45) is 0 Å². The van der Waals surface area contributed by atoms with Crippen molar-refractivity contribution in [1.82, 2.24) is 4.90 Å². The van der Waals surface area contributed by atoms with Crippen LogP contribution in [0.5, 0.6) is 0 Å². The SMILES string of the molecule is CC(C)N1C(=O)/C(=C/c2ccc(Br)cc2)SC1=S. The molecule has 0 bridgehead atoms. The monoisotopic (exact) mass is 341 g/mol. The number of rotatable bonds is 2. The van der Waals surface area contributed by atoms with E-state index in [2.05, 4.69) is 15.9 Å². The van der Waals surface area contributed by atoms with Gasteiger partial charge in [0, 0.05) is 10.5 Å². The van der Waals surface area contributed by atoms with Crippen molar-refractivity contribution in [3.8, 4) is 0 Å². The van der Waals surface area contributed by atoms with E-state index in [-0.39, 0.29) is 11.9 Å². The molecule has 0 aliphatic carbocycles. The molecular formula is C13H12BrNOS2. The van der Waals surface area contributed by atoms with Crippen LogP contribution >= 0.6 is 39.9 Å². The first-order chi connectivity index (χ1) is 8.49. The maximum Gasteiger partial charge on any atom is 0.266 e. The number of carbonyl (C=O) groups excluding carboxylic acids is 1. The molecule has 1 saturated heterocycles. The van der Waals surface area contributed by atoms with E-state index in [0.29, 0.717) is 9.23 Å². The van der Waals surface area contributed by atoms with Gasteiger partial charge < -0.3 is 0 Å². The molecule has 0 N–H and O–H groups in total. The Kier molecular flexibility index (Phi) is 4.25. The summed E-state index contributed by atoms with van der Waals surface area (Å²) in [5.74, 6) is 0.00270. The van der Waals surface area contributed by atoms with Crippen LogP contribution in [0.15, 0.2) is 33.6 Å². The highest BCUT2D eigenvalue weighted by Gasteiger charge is 2.33. The topological polar surface area (TPSA) is 20.3 Å². The van der Waals surface area contributed by atoms with Crippen LogP contribution in [-0.4, -0.2) is 21.2 Å². The molecule has 1 aliphatic rings. The van der Waals surface area contributed by atoms with Crippen LogP contribution in [0.2, 0.25) is 0 Å². The minimum absolute atomic E-state index is 0.00270. The first-order valence-electron chi connectivity index (χ1n) is 5.51. The van der Waals surface area contributed by atoms with E-state index < -0.39 is 0 Å². The van der Waals surface area contributed by atoms with E-state index in [4.69, 9.17) is 12.2 Å². The van der Waals surface area contributed by atoms with Crippen molar-refractivity contribution in [3.05, 3.63) is 39.2 Å². The highest BCUT2D eigenvalue weighted by molar-refractivity contribution is 9.10. The number of hydrogen-bond donors (Lipinski definition) is 0. The standard InChI is InChI=1S/C13H12BrNOS2/c1-8(2)15-12(16)11(18-13(15)17)7-9-3-5-10(14)6-4-9/h3-8H,1-2H3/b11-7-. The Morgan fingerprint density at radius 1 is 1.33 bits per heavy atom. The van der Waals surface area contributed by atoms with Crippen molar-refractivity contribution < 1.29 is 4.79 Å². The zero-order valence-electron chi connectivity index (χ0n) is 10.0. The van der Waals surface area contributed by atoms with Gasteiger partial charge >= 0.3 is 0 Å². The highest BCUT2D eigenvalue weighted by atomic mass is 79.9. The van der Waals surface area contributed by atoms with Gasteiger partial charge in [-0.05, 0) is 37.6 Å². The summed E-state index contributed by atoms with van der Waals surface area (Å²) in [6.45, 7) is 3.93. The van der Waals surface area contributed by atoms with Gasteiger partial charge in [-0.25, -0.2) is 0 Å². The van der Waals surface area contributed by atoms with E-state index >= 15 is 0 Å². The Morgan fingerprint density at radius 3 is 2.44 bits per heavy atom. The smallest absolute Gasteiger partial charge is 0.266 e. The van der Waals surface area contributed by atoms with E-state index in [0.717, 1.165) is 10.0 Å². The maximum atomic E-state index is 12.2. The van der Waals surface area contributed by atoms with E-state index in [9.17, 15) is 4.79 Å². The summed E-state index contributed by atoms with van der Waals surface area (Å²) in [6, 6.07) is 7.94. The fourth-order valence-electron chi connectivity index (χ4n) is 1.64. The van der Waals surface area contributed by atoms with Gasteiger partial charge in [-0.1, -0.05) is 52.0 Å². The average Bonchev–Trinajstić information content (AvgIpc) is 2.57. The Labute approximate surface area is 125 Å². The number of thiocarbonyl (C=S) groups is 1. The molecule has 1 heterocycles. The van der Waals surface area contributed by atoms with Crippen molar-refractivity contribution in [2.45, 2.75) is 19.9 Å². The summed E-state index contributed by atoms with van der Waals surface area (Å²) in [5, 5.41) is 0. The molecule has 1 aromatic rings. The molecule has 0 atom stereocenters. The number of halogens is 1. The predicted molar refractivity (Wildman–Crippen MR) is 84.3 cm³/mol. The van der Waals surface area contributed by atoms with Crippen LogP contribution in [0.4, 0.5) is 0 Å². The van der Waals surface area contributed by atoms with Crippen LogP contribution in [0.25, 0.3) is 6.08 Å². The molecule has 0 saturated carbocycles. The summed E-state index contributed by atoms with van der Waals surface area (Å²) in [7, 11) is 0. The fourth-order valence-corrected chi connectivity index (χ4v) is 3.42. The Morgan fingerprint density at radius 2 is 1.94 bits per heavy atom. The first kappa shape index (κ1) is 13.8. The second-order valence-corrected chi connectivity index (χ2v) is 6.79. The van der Waals surface area contributed by atoms with Crippen molar-refractivity contribution in [1.29, 1.82) is 0 Å². The molecule has 94 valence electrons. The van der Waals surface area contributed by atoms with Gasteiger partial charge in [0.25, 0.3) is 5.91 Å². The average molecular weight is 342 g/mol. The molecule has 18 heavy (non-hydrogen) atoms. The third kappa shape index (κ3) is 2.84. The Bertz CT molecular complexity index is 522. The van der Waals surface area contributed by atoms with Gasteiger partial charge in [0.05, 0.1) is 4.91 Å². The van der Waals surface area contributed by atoms with Crippen LogP contribution in [-0.2, 0) is 4.79 Å². The van der Waals surface area contributed by atoms with Gasteiger partial charge in [0.1, 0.15) is 4.32 Å². The molecule has 5 heteroatoms. The molecule has 2 nitrogen and oxygen atoms in total. The van der Waals surface area contributed by atoms with Gasteiger partial charge in [0.2, 0.25) is 0 Å². The summed E-state index contributed by atoms with van der Waals surface area (Å²) in [5.41, 5.74) is 1.00. The van der Waals surface area contributed by atoms with Crippen molar-refractivity contribution in [2.75, 3.05) is 0 Å². The van der Waals surface area contributed by atoms with Gasteiger partial charge in [-0.3, -0.25) is 9.69 Å². The van der Waals surface area contributed by atoms with Crippen LogP contribution in [0, 0.1) is 0 Å².